The van der Waals surface area contributed by atoms with E-state index in [-0.39, 0.29) is 6.04 Å². The zero-order valence-corrected chi connectivity index (χ0v) is 11.5. The lowest BCUT2D eigenvalue weighted by Crippen LogP contribution is -2.36. The van der Waals surface area contributed by atoms with Crippen molar-refractivity contribution in [2.45, 2.75) is 32.2 Å². The molecule has 0 spiro atoms. The van der Waals surface area contributed by atoms with Crippen LogP contribution in [-0.4, -0.2) is 6.04 Å². The molecule has 1 atom stereocenters. The first-order chi connectivity index (χ1) is 8.04. The molecule has 0 radical (unpaired) electrons. The van der Waals surface area contributed by atoms with Gasteiger partial charge in [0.25, 0.3) is 0 Å². The summed E-state index contributed by atoms with van der Waals surface area (Å²) >= 11 is 12.2. The van der Waals surface area contributed by atoms with E-state index in [4.69, 9.17) is 29.0 Å². The summed E-state index contributed by atoms with van der Waals surface area (Å²) in [6.07, 6.45) is 2.59. The van der Waals surface area contributed by atoms with Crippen LogP contribution < -0.4 is 11.3 Å². The Labute approximate surface area is 113 Å². The first-order valence-corrected chi connectivity index (χ1v) is 6.33. The topological polar surface area (TPSA) is 38.0 Å². The molecule has 94 valence electrons. The van der Waals surface area contributed by atoms with Crippen molar-refractivity contribution < 1.29 is 0 Å². The van der Waals surface area contributed by atoms with E-state index in [2.05, 4.69) is 12.0 Å². The second-order valence-electron chi connectivity index (χ2n) is 4.26. The fourth-order valence-corrected chi connectivity index (χ4v) is 2.19. The normalized spacial score (nSPS) is 12.5. The summed E-state index contributed by atoms with van der Waals surface area (Å²) in [4.78, 5) is 0. The van der Waals surface area contributed by atoms with Crippen LogP contribution in [0.15, 0.2) is 30.4 Å². The maximum Gasteiger partial charge on any atom is 0.0453 e. The standard InChI is InChI=1S/C13H18Cl2N2/c1-9(2)6-7-10(17-16)8-11-12(14)4-3-5-13(11)15/h3-5,10,17H,1,6-8,16H2,2H3. The first kappa shape index (κ1) is 14.5. The van der Waals surface area contributed by atoms with Crippen molar-refractivity contribution in [2.75, 3.05) is 0 Å². The highest BCUT2D eigenvalue weighted by Crippen LogP contribution is 2.26. The summed E-state index contributed by atoms with van der Waals surface area (Å²) in [6, 6.07) is 5.68. The van der Waals surface area contributed by atoms with Crippen LogP contribution in [0, 0.1) is 0 Å². The van der Waals surface area contributed by atoms with Crippen molar-refractivity contribution >= 4 is 23.2 Å². The average molecular weight is 273 g/mol. The molecule has 17 heavy (non-hydrogen) atoms. The predicted octanol–water partition coefficient (Wildman–Crippen LogP) is 3.72. The molecule has 1 unspecified atom stereocenters. The third kappa shape index (κ3) is 4.68. The van der Waals surface area contributed by atoms with E-state index in [9.17, 15) is 0 Å². The first-order valence-electron chi connectivity index (χ1n) is 5.58. The number of halogens is 2. The maximum absolute atomic E-state index is 6.12. The second-order valence-corrected chi connectivity index (χ2v) is 5.08. The summed E-state index contributed by atoms with van der Waals surface area (Å²) in [5, 5.41) is 1.38. The second kappa shape index (κ2) is 7.02. The molecule has 0 saturated heterocycles. The molecule has 0 aliphatic heterocycles. The number of nitrogens with one attached hydrogen (secondary N) is 1. The Morgan fingerprint density at radius 1 is 1.41 bits per heavy atom. The Balaban J connectivity index is 2.70. The number of hydrazine groups is 1. The largest absolute Gasteiger partial charge is 0.271 e. The lowest BCUT2D eigenvalue weighted by molar-refractivity contribution is 0.491. The molecule has 3 N–H and O–H groups in total. The summed E-state index contributed by atoms with van der Waals surface area (Å²) in [7, 11) is 0. The van der Waals surface area contributed by atoms with Gasteiger partial charge >= 0.3 is 0 Å². The van der Waals surface area contributed by atoms with Gasteiger partial charge in [-0.15, -0.1) is 6.58 Å². The number of nitrogens with two attached hydrogens (primary N) is 1. The third-order valence-electron chi connectivity index (χ3n) is 2.67. The van der Waals surface area contributed by atoms with Crippen LogP contribution in [0.25, 0.3) is 0 Å². The van der Waals surface area contributed by atoms with Crippen LogP contribution in [0.3, 0.4) is 0 Å². The van der Waals surface area contributed by atoms with Crippen LogP contribution in [-0.2, 0) is 6.42 Å². The van der Waals surface area contributed by atoms with Gasteiger partial charge < -0.3 is 0 Å². The molecule has 0 aliphatic carbocycles. The van der Waals surface area contributed by atoms with E-state index in [1.807, 2.05) is 25.1 Å². The number of rotatable bonds is 6. The van der Waals surface area contributed by atoms with Crippen molar-refractivity contribution in [2.24, 2.45) is 5.84 Å². The van der Waals surface area contributed by atoms with Crippen molar-refractivity contribution in [1.82, 2.24) is 5.43 Å². The molecular formula is C13H18Cl2N2. The summed E-state index contributed by atoms with van der Waals surface area (Å²) in [6.45, 7) is 5.89. The highest BCUT2D eigenvalue weighted by molar-refractivity contribution is 6.35. The molecular weight excluding hydrogens is 255 g/mol. The molecule has 0 bridgehead atoms. The van der Waals surface area contributed by atoms with Crippen LogP contribution in [0.2, 0.25) is 10.0 Å². The zero-order chi connectivity index (χ0) is 12.8. The van der Waals surface area contributed by atoms with E-state index < -0.39 is 0 Å². The lowest BCUT2D eigenvalue weighted by atomic mass is 10.0. The van der Waals surface area contributed by atoms with E-state index in [0.717, 1.165) is 30.4 Å². The minimum absolute atomic E-state index is 0.157. The quantitative estimate of drug-likeness (QED) is 0.471. The van der Waals surface area contributed by atoms with Crippen LogP contribution >= 0.6 is 23.2 Å². The molecule has 0 heterocycles. The fourth-order valence-electron chi connectivity index (χ4n) is 1.64. The highest BCUT2D eigenvalue weighted by Gasteiger charge is 2.12. The van der Waals surface area contributed by atoms with Gasteiger partial charge in [0.05, 0.1) is 0 Å². The summed E-state index contributed by atoms with van der Waals surface area (Å²) in [5.41, 5.74) is 4.90. The van der Waals surface area contributed by atoms with E-state index in [1.54, 1.807) is 0 Å². The molecule has 0 aromatic heterocycles. The van der Waals surface area contributed by atoms with Gasteiger partial charge in [-0.3, -0.25) is 11.3 Å². The van der Waals surface area contributed by atoms with Crippen molar-refractivity contribution in [3.05, 3.63) is 46.0 Å². The minimum Gasteiger partial charge on any atom is -0.271 e. The Hall–Kier alpha value is -0.540. The van der Waals surface area contributed by atoms with E-state index in [0.29, 0.717) is 10.0 Å². The molecule has 4 heteroatoms. The number of allylic oxidation sites excluding steroid dienone is 1. The van der Waals surface area contributed by atoms with Crippen LogP contribution in [0.5, 0.6) is 0 Å². The van der Waals surface area contributed by atoms with Gasteiger partial charge in [-0.1, -0.05) is 34.8 Å². The molecule has 1 rings (SSSR count). The molecule has 1 aromatic rings. The number of hydrogen-bond acceptors (Lipinski definition) is 2. The lowest BCUT2D eigenvalue weighted by Gasteiger charge is -2.17. The molecule has 1 aromatic carbocycles. The van der Waals surface area contributed by atoms with Crippen LogP contribution in [0.4, 0.5) is 0 Å². The van der Waals surface area contributed by atoms with Gasteiger partial charge in [-0.25, -0.2) is 0 Å². The van der Waals surface area contributed by atoms with Gasteiger partial charge in [-0.2, -0.15) is 0 Å². The smallest absolute Gasteiger partial charge is 0.0453 e. The Bertz CT molecular complexity index is 371. The Kier molecular flexibility index (Phi) is 6.00. The molecule has 0 amide bonds. The average Bonchev–Trinajstić information content (AvgIpc) is 2.27. The SMILES string of the molecule is C=C(C)CCC(Cc1c(Cl)cccc1Cl)NN. The van der Waals surface area contributed by atoms with Crippen molar-refractivity contribution in [1.29, 1.82) is 0 Å². The molecule has 0 aliphatic rings. The summed E-state index contributed by atoms with van der Waals surface area (Å²) < 4.78 is 0. The van der Waals surface area contributed by atoms with Gasteiger partial charge in [0.1, 0.15) is 0 Å². The number of hydrogen-bond donors (Lipinski definition) is 2. The molecule has 2 nitrogen and oxygen atoms in total. The van der Waals surface area contributed by atoms with Crippen LogP contribution in [0.1, 0.15) is 25.3 Å². The number of benzene rings is 1. The maximum atomic E-state index is 6.12. The van der Waals surface area contributed by atoms with Gasteiger partial charge in [-0.05, 0) is 43.9 Å². The third-order valence-corrected chi connectivity index (χ3v) is 3.38. The van der Waals surface area contributed by atoms with Gasteiger partial charge in [0.15, 0.2) is 0 Å². The zero-order valence-electron chi connectivity index (χ0n) is 9.97. The fraction of sp³-hybridized carbons (Fsp3) is 0.385. The van der Waals surface area contributed by atoms with Gasteiger partial charge in [0.2, 0.25) is 0 Å². The van der Waals surface area contributed by atoms with Gasteiger partial charge in [0, 0.05) is 16.1 Å². The van der Waals surface area contributed by atoms with E-state index in [1.165, 1.54) is 0 Å². The monoisotopic (exact) mass is 272 g/mol. The Morgan fingerprint density at radius 2 is 2.00 bits per heavy atom. The minimum atomic E-state index is 0.157. The Morgan fingerprint density at radius 3 is 2.47 bits per heavy atom. The van der Waals surface area contributed by atoms with E-state index >= 15 is 0 Å². The highest BCUT2D eigenvalue weighted by atomic mass is 35.5. The van der Waals surface area contributed by atoms with Crippen molar-refractivity contribution in [3.8, 4) is 0 Å². The van der Waals surface area contributed by atoms with Crippen molar-refractivity contribution in [3.63, 3.8) is 0 Å². The summed E-state index contributed by atoms with van der Waals surface area (Å²) in [5.74, 6) is 5.54. The molecule has 0 saturated carbocycles. The predicted molar refractivity (Wildman–Crippen MR) is 75.3 cm³/mol. The molecule has 0 fully saturated rings.